The lowest BCUT2D eigenvalue weighted by atomic mass is 9.43. The fraction of sp³-hybridized carbons (Fsp3) is 0.553. The Labute approximate surface area is 291 Å². The Morgan fingerprint density at radius 1 is 1.02 bits per heavy atom. The molecule has 11 atom stereocenters. The van der Waals surface area contributed by atoms with Gasteiger partial charge in [-0.25, -0.2) is 9.59 Å². The number of carbonyl (C=O) groups is 3. The van der Waals surface area contributed by atoms with Crippen molar-refractivity contribution in [3.05, 3.63) is 82.9 Å². The Morgan fingerprint density at radius 2 is 1.64 bits per heavy atom. The van der Waals surface area contributed by atoms with Crippen LogP contribution in [0.15, 0.2) is 71.8 Å². The molecular weight excluding hydrogens is 646 g/mol. The summed E-state index contributed by atoms with van der Waals surface area (Å²) in [4.78, 5) is 41.0. The topological polar surface area (TPSA) is 192 Å². The number of Topliss-reactive ketones (excluding diaryl/α,β-unsaturated/α-hetero) is 1. The van der Waals surface area contributed by atoms with E-state index in [4.69, 9.17) is 14.2 Å². The molecule has 0 spiro atoms. The second kappa shape index (κ2) is 12.8. The van der Waals surface area contributed by atoms with Crippen LogP contribution in [0.2, 0.25) is 0 Å². The Kier molecular flexibility index (Phi) is 9.28. The van der Waals surface area contributed by atoms with E-state index < -0.39 is 88.3 Å². The number of hydrogen-bond donors (Lipinski definition) is 6. The van der Waals surface area contributed by atoms with Gasteiger partial charge in [-0.05, 0) is 42.0 Å². The van der Waals surface area contributed by atoms with Crippen molar-refractivity contribution < 1.29 is 54.1 Å². The molecule has 2 saturated carbocycles. The highest BCUT2D eigenvalue weighted by molar-refractivity contribution is 5.93. The van der Waals surface area contributed by atoms with Crippen LogP contribution in [-0.4, -0.2) is 91.7 Å². The fourth-order valence-corrected chi connectivity index (χ4v) is 9.36. The number of fused-ring (bicyclic) bond motifs is 5. The van der Waals surface area contributed by atoms with Crippen molar-refractivity contribution in [3.8, 4) is 0 Å². The molecule has 6 rings (SSSR count). The summed E-state index contributed by atoms with van der Waals surface area (Å²) in [5.74, 6) is -3.74. The zero-order valence-electron chi connectivity index (χ0n) is 28.9. The standard InChI is InChI=1S/C38H47NO11/c1-20-24(50-33(44)30(42)28(23-14-10-7-11-15-23)39-34(45)48-18-22-12-8-6-9-13-22)17-38(47)21(2)31-36(5,25(40)16-26-37(31,46)19-49-26)32(43)29(41)27(20)35(38,3)4/h6-15,21,24-26,28-31,40-42,46-47H,16-19H2,1-5H3,(H,39,45)/t21?,24?,25?,26?,28?,29?,30?,31?,36-,37?,38?/m1/s1. The van der Waals surface area contributed by atoms with Crippen LogP contribution >= 0.6 is 0 Å². The highest BCUT2D eigenvalue weighted by Gasteiger charge is 2.74. The van der Waals surface area contributed by atoms with Gasteiger partial charge in [-0.2, -0.15) is 0 Å². The van der Waals surface area contributed by atoms with Crippen molar-refractivity contribution in [1.29, 1.82) is 0 Å². The maximum absolute atomic E-state index is 14.3. The lowest BCUT2D eigenvalue weighted by molar-refractivity contribution is -0.335. The molecule has 3 aliphatic carbocycles. The second-order valence-electron chi connectivity index (χ2n) is 15.2. The molecule has 50 heavy (non-hydrogen) atoms. The number of ketones is 1. The molecule has 12 heteroatoms. The molecule has 1 heterocycles. The molecular formula is C38H47NO11. The Balaban J connectivity index is 1.31. The van der Waals surface area contributed by atoms with E-state index in [2.05, 4.69) is 5.32 Å². The highest BCUT2D eigenvalue weighted by Crippen LogP contribution is 2.64. The lowest BCUT2D eigenvalue weighted by Crippen LogP contribution is -2.78. The van der Waals surface area contributed by atoms with Crippen LogP contribution in [0.3, 0.4) is 0 Å². The minimum absolute atomic E-state index is 0.0108. The zero-order chi connectivity index (χ0) is 36.4. The van der Waals surface area contributed by atoms with Crippen molar-refractivity contribution in [2.75, 3.05) is 6.61 Å². The summed E-state index contributed by atoms with van der Waals surface area (Å²) >= 11 is 0. The van der Waals surface area contributed by atoms with Crippen LogP contribution in [-0.2, 0) is 30.4 Å². The molecule has 1 aliphatic heterocycles. The molecule has 12 nitrogen and oxygen atoms in total. The van der Waals surface area contributed by atoms with Crippen molar-refractivity contribution in [1.82, 2.24) is 5.32 Å². The van der Waals surface area contributed by atoms with Gasteiger partial charge < -0.3 is 45.1 Å². The minimum atomic E-state index is -1.93. The van der Waals surface area contributed by atoms with Crippen molar-refractivity contribution >= 4 is 17.8 Å². The van der Waals surface area contributed by atoms with Crippen LogP contribution in [0.1, 0.15) is 64.6 Å². The van der Waals surface area contributed by atoms with Gasteiger partial charge in [-0.1, -0.05) is 81.4 Å². The largest absolute Gasteiger partial charge is 0.456 e. The molecule has 10 unspecified atom stereocenters. The molecule has 6 N–H and O–H groups in total. The molecule has 0 radical (unpaired) electrons. The summed E-state index contributed by atoms with van der Waals surface area (Å²) in [7, 11) is 0. The van der Waals surface area contributed by atoms with E-state index >= 15 is 0 Å². The summed E-state index contributed by atoms with van der Waals surface area (Å²) < 4.78 is 16.9. The third-order valence-electron chi connectivity index (χ3n) is 12.3. The van der Waals surface area contributed by atoms with Gasteiger partial charge in [-0.3, -0.25) is 4.79 Å². The normalized spacial score (nSPS) is 37.1. The predicted molar refractivity (Wildman–Crippen MR) is 178 cm³/mol. The van der Waals surface area contributed by atoms with Gasteiger partial charge in [0.1, 0.15) is 24.4 Å². The molecule has 2 aromatic rings. The first-order chi connectivity index (χ1) is 23.5. The van der Waals surface area contributed by atoms with Crippen LogP contribution in [0.5, 0.6) is 0 Å². The molecule has 3 fully saturated rings. The van der Waals surface area contributed by atoms with E-state index in [0.29, 0.717) is 11.1 Å². The molecule has 1 saturated heterocycles. The van der Waals surface area contributed by atoms with Gasteiger partial charge in [0.25, 0.3) is 0 Å². The Bertz CT molecular complexity index is 1660. The van der Waals surface area contributed by atoms with Gasteiger partial charge in [0.05, 0.1) is 35.9 Å². The number of amides is 1. The molecule has 270 valence electrons. The van der Waals surface area contributed by atoms with Gasteiger partial charge in [0.2, 0.25) is 0 Å². The van der Waals surface area contributed by atoms with Gasteiger partial charge in [0, 0.05) is 24.2 Å². The van der Waals surface area contributed by atoms with E-state index in [-0.39, 0.29) is 31.6 Å². The maximum Gasteiger partial charge on any atom is 0.408 e. The minimum Gasteiger partial charge on any atom is -0.456 e. The first kappa shape index (κ1) is 36.2. The number of esters is 1. The summed E-state index contributed by atoms with van der Waals surface area (Å²) in [6, 6.07) is 16.1. The van der Waals surface area contributed by atoms with Crippen molar-refractivity contribution in [2.24, 2.45) is 22.7 Å². The maximum atomic E-state index is 14.3. The highest BCUT2D eigenvalue weighted by atomic mass is 16.6. The number of alkyl carbamates (subject to hydrolysis) is 1. The van der Waals surface area contributed by atoms with Crippen LogP contribution in [0, 0.1) is 22.7 Å². The van der Waals surface area contributed by atoms with Gasteiger partial charge in [0.15, 0.2) is 11.9 Å². The average Bonchev–Trinajstić information content (AvgIpc) is 3.09. The number of hydrogen-bond acceptors (Lipinski definition) is 11. The molecule has 0 aromatic heterocycles. The first-order valence-corrected chi connectivity index (χ1v) is 17.1. The van der Waals surface area contributed by atoms with E-state index in [1.807, 2.05) is 6.07 Å². The van der Waals surface area contributed by atoms with E-state index in [9.17, 15) is 39.9 Å². The number of nitrogens with one attached hydrogen (secondary N) is 1. The van der Waals surface area contributed by atoms with Gasteiger partial charge >= 0.3 is 12.1 Å². The Morgan fingerprint density at radius 3 is 2.24 bits per heavy atom. The van der Waals surface area contributed by atoms with E-state index in [1.165, 1.54) is 6.92 Å². The molecule has 4 aliphatic rings. The number of rotatable bonds is 7. The number of aliphatic hydroxyl groups excluding tert-OH is 3. The number of aliphatic hydroxyl groups is 5. The number of carbonyl (C=O) groups excluding carboxylic acids is 3. The summed E-state index contributed by atoms with van der Waals surface area (Å²) in [6.07, 6.45) is -8.07. The number of ether oxygens (including phenoxy) is 3. The zero-order valence-corrected chi connectivity index (χ0v) is 28.9. The predicted octanol–water partition coefficient (Wildman–Crippen LogP) is 2.50. The van der Waals surface area contributed by atoms with Crippen molar-refractivity contribution in [2.45, 2.75) is 102 Å². The quantitative estimate of drug-likeness (QED) is 0.185. The summed E-state index contributed by atoms with van der Waals surface area (Å²) in [6.45, 7) is 8.06. The van der Waals surface area contributed by atoms with Crippen LogP contribution in [0.25, 0.3) is 0 Å². The summed E-state index contributed by atoms with van der Waals surface area (Å²) in [5.41, 5.74) is -4.66. The SMILES string of the molecule is CC1=C2C(O)C(=O)[C@]3(C)C(O)CC4OCC4(O)C3C(C)C(O)(CC1OC(=O)C(O)C(NC(=O)OCc1ccccc1)c1ccccc1)C2(C)C. The first-order valence-electron chi connectivity index (χ1n) is 17.1. The average molecular weight is 694 g/mol. The molecule has 2 bridgehead atoms. The monoisotopic (exact) mass is 693 g/mol. The van der Waals surface area contributed by atoms with E-state index in [1.54, 1.807) is 82.3 Å². The third kappa shape index (κ3) is 5.48. The lowest BCUT2D eigenvalue weighted by Gasteiger charge is -2.67. The fourth-order valence-electron chi connectivity index (χ4n) is 9.36. The van der Waals surface area contributed by atoms with Gasteiger partial charge in [-0.15, -0.1) is 0 Å². The van der Waals surface area contributed by atoms with Crippen LogP contribution in [0.4, 0.5) is 4.79 Å². The second-order valence-corrected chi connectivity index (χ2v) is 15.2. The summed E-state index contributed by atoms with van der Waals surface area (Å²) in [5, 5.41) is 61.8. The third-order valence-corrected chi connectivity index (χ3v) is 12.3. The van der Waals surface area contributed by atoms with Crippen molar-refractivity contribution in [3.63, 3.8) is 0 Å². The number of benzene rings is 2. The molecule has 2 aromatic carbocycles. The Hall–Kier alpha value is -3.65. The smallest absolute Gasteiger partial charge is 0.408 e. The molecule has 1 amide bonds. The van der Waals surface area contributed by atoms with E-state index in [0.717, 1.165) is 5.56 Å². The van der Waals surface area contributed by atoms with Crippen LogP contribution < -0.4 is 5.32 Å².